The van der Waals surface area contributed by atoms with E-state index in [4.69, 9.17) is 9.31 Å². The molecule has 4 nitrogen and oxygen atoms in total. The predicted octanol–water partition coefficient (Wildman–Crippen LogP) is 6.03. The Bertz CT molecular complexity index is 1070. The summed E-state index contributed by atoms with van der Waals surface area (Å²) in [4.78, 5) is 4.67. The first kappa shape index (κ1) is 26.5. The molecule has 0 aliphatic carbocycles. The minimum atomic E-state index is 0.757. The Balaban J connectivity index is 1.13. The molecule has 0 bridgehead atoms. The van der Waals surface area contributed by atoms with E-state index >= 15 is 0 Å². The van der Waals surface area contributed by atoms with Gasteiger partial charge in [-0.15, -0.1) is 0 Å². The average Bonchev–Trinajstić information content (AvgIpc) is 2.94. The summed E-state index contributed by atoms with van der Waals surface area (Å²) in [6.45, 7) is 3.85. The summed E-state index contributed by atoms with van der Waals surface area (Å²) in [5, 5.41) is 0. The van der Waals surface area contributed by atoms with Gasteiger partial charge in [0.2, 0.25) is 0 Å². The number of rotatable bonds is 14. The zero-order valence-corrected chi connectivity index (χ0v) is 21.9. The smallest absolute Gasteiger partial charge is 0.526 e. The topological polar surface area (TPSA) is 24.9 Å². The lowest BCUT2D eigenvalue weighted by molar-refractivity contribution is 0.331. The Morgan fingerprint density at radius 2 is 0.865 bits per heavy atom. The van der Waals surface area contributed by atoms with Gasteiger partial charge in [-0.2, -0.15) is 0 Å². The second kappa shape index (κ2) is 14.3. The molecule has 5 heteroatoms. The van der Waals surface area contributed by atoms with Crippen molar-refractivity contribution in [2.45, 2.75) is 25.9 Å². The molecule has 0 spiro atoms. The molecule has 0 atom stereocenters. The quantitative estimate of drug-likeness (QED) is 0.201. The van der Waals surface area contributed by atoms with Gasteiger partial charge in [0.25, 0.3) is 0 Å². The predicted molar refractivity (Wildman–Crippen MR) is 153 cm³/mol. The average molecular weight is 491 g/mol. The molecule has 0 heterocycles. The number of benzene rings is 4. The highest BCUT2D eigenvalue weighted by Crippen LogP contribution is 2.16. The van der Waals surface area contributed by atoms with Crippen LogP contribution in [0.4, 0.5) is 0 Å². The van der Waals surface area contributed by atoms with Crippen LogP contribution in [-0.4, -0.2) is 44.7 Å². The first-order chi connectivity index (χ1) is 18.1. The van der Waals surface area contributed by atoms with E-state index in [1.54, 1.807) is 0 Å². The fourth-order valence-electron chi connectivity index (χ4n) is 4.19. The first-order valence-corrected chi connectivity index (χ1v) is 12.9. The standard InChI is InChI=1S/C32H36BN2O2/c1-34(23-21-27-9-5-3-6-10-27)25-29-13-17-31(18-14-29)36-33-37-32-19-15-30(16-20-32)26-35(2)24-22-28-11-7-4-8-12-28/h3-20H,21-26H2,1-2H3. The number of hydrogen-bond donors (Lipinski definition) is 0. The summed E-state index contributed by atoms with van der Waals surface area (Å²) in [6, 6.07) is 37.6. The molecule has 0 aliphatic rings. The van der Waals surface area contributed by atoms with E-state index in [2.05, 4.69) is 109 Å². The molecular weight excluding hydrogens is 455 g/mol. The van der Waals surface area contributed by atoms with Crippen LogP contribution in [0.3, 0.4) is 0 Å². The maximum Gasteiger partial charge on any atom is 0.658 e. The van der Waals surface area contributed by atoms with Crippen LogP contribution in [0.25, 0.3) is 0 Å². The Morgan fingerprint density at radius 3 is 1.24 bits per heavy atom. The van der Waals surface area contributed by atoms with Crippen LogP contribution < -0.4 is 9.31 Å². The molecule has 0 fully saturated rings. The van der Waals surface area contributed by atoms with Crippen molar-refractivity contribution in [2.24, 2.45) is 0 Å². The number of nitrogens with zero attached hydrogens (tertiary/aromatic N) is 2. The SMILES string of the molecule is CN(CCc1ccccc1)Cc1ccc(O[B]Oc2ccc(CN(C)CCc3ccccc3)cc2)cc1. The van der Waals surface area contributed by atoms with Crippen LogP contribution in [0, 0.1) is 0 Å². The van der Waals surface area contributed by atoms with Gasteiger partial charge in [-0.3, -0.25) is 0 Å². The molecule has 0 saturated heterocycles. The lowest BCUT2D eigenvalue weighted by atomic mass is 10.1. The third-order valence-corrected chi connectivity index (χ3v) is 6.37. The summed E-state index contributed by atoms with van der Waals surface area (Å²) < 4.78 is 11.3. The fourth-order valence-corrected chi connectivity index (χ4v) is 4.19. The molecule has 0 aromatic heterocycles. The van der Waals surface area contributed by atoms with Gasteiger partial charge in [0, 0.05) is 26.2 Å². The lowest BCUT2D eigenvalue weighted by Gasteiger charge is -2.17. The maximum absolute atomic E-state index is 5.67. The Labute approximate surface area is 222 Å². The first-order valence-electron chi connectivity index (χ1n) is 12.9. The molecule has 0 saturated carbocycles. The Morgan fingerprint density at radius 1 is 0.486 bits per heavy atom. The van der Waals surface area contributed by atoms with Gasteiger partial charge in [0.1, 0.15) is 11.5 Å². The van der Waals surface area contributed by atoms with E-state index in [1.807, 2.05) is 24.3 Å². The van der Waals surface area contributed by atoms with Gasteiger partial charge in [-0.05, 0) is 73.5 Å². The molecule has 0 unspecified atom stereocenters. The van der Waals surface area contributed by atoms with Gasteiger partial charge in [0.05, 0.1) is 0 Å². The zero-order chi connectivity index (χ0) is 25.7. The zero-order valence-electron chi connectivity index (χ0n) is 21.9. The van der Waals surface area contributed by atoms with Gasteiger partial charge < -0.3 is 19.1 Å². The van der Waals surface area contributed by atoms with E-state index in [9.17, 15) is 0 Å². The van der Waals surface area contributed by atoms with Crippen molar-refractivity contribution in [1.29, 1.82) is 0 Å². The van der Waals surface area contributed by atoms with Crippen LogP contribution >= 0.6 is 0 Å². The van der Waals surface area contributed by atoms with Crippen molar-refractivity contribution in [2.75, 3.05) is 27.2 Å². The van der Waals surface area contributed by atoms with Crippen molar-refractivity contribution >= 4 is 7.69 Å². The largest absolute Gasteiger partial charge is 0.658 e. The summed E-state index contributed by atoms with van der Waals surface area (Å²) in [7, 11) is 5.70. The van der Waals surface area contributed by atoms with Crippen LogP contribution in [-0.2, 0) is 25.9 Å². The van der Waals surface area contributed by atoms with Crippen molar-refractivity contribution in [1.82, 2.24) is 9.80 Å². The molecule has 0 N–H and O–H groups in total. The van der Waals surface area contributed by atoms with Crippen molar-refractivity contribution < 1.29 is 9.31 Å². The van der Waals surface area contributed by atoms with Crippen LogP contribution in [0.15, 0.2) is 109 Å². The normalized spacial score (nSPS) is 11.0. The van der Waals surface area contributed by atoms with E-state index in [1.165, 1.54) is 29.9 Å². The van der Waals surface area contributed by atoms with Crippen LogP contribution in [0.2, 0.25) is 0 Å². The minimum absolute atomic E-state index is 0.757. The molecule has 4 aromatic carbocycles. The second-order valence-electron chi connectivity index (χ2n) is 9.57. The summed E-state index contributed by atoms with van der Waals surface area (Å²) in [6.07, 6.45) is 2.10. The minimum Gasteiger partial charge on any atom is -0.526 e. The molecule has 189 valence electrons. The Kier molecular flexibility index (Phi) is 10.2. The molecule has 0 amide bonds. The highest BCUT2D eigenvalue weighted by atomic mass is 16.6. The number of likely N-dealkylation sites (N-methyl/N-ethyl adjacent to an activating group) is 2. The van der Waals surface area contributed by atoms with Gasteiger partial charge in [-0.25, -0.2) is 0 Å². The third kappa shape index (κ3) is 9.45. The van der Waals surface area contributed by atoms with E-state index in [0.29, 0.717) is 0 Å². The maximum atomic E-state index is 5.67. The molecular formula is C32H36BN2O2. The monoisotopic (exact) mass is 491 g/mol. The van der Waals surface area contributed by atoms with Crippen molar-refractivity contribution in [3.8, 4) is 11.5 Å². The molecule has 1 radical (unpaired) electrons. The third-order valence-electron chi connectivity index (χ3n) is 6.37. The van der Waals surface area contributed by atoms with Crippen LogP contribution in [0.1, 0.15) is 22.3 Å². The van der Waals surface area contributed by atoms with E-state index in [-0.39, 0.29) is 0 Å². The van der Waals surface area contributed by atoms with Crippen molar-refractivity contribution in [3.63, 3.8) is 0 Å². The summed E-state index contributed by atoms with van der Waals surface area (Å²) in [5.74, 6) is 1.51. The second-order valence-corrected chi connectivity index (χ2v) is 9.57. The Hall–Kier alpha value is -3.54. The molecule has 37 heavy (non-hydrogen) atoms. The van der Waals surface area contributed by atoms with Crippen LogP contribution in [0.5, 0.6) is 11.5 Å². The van der Waals surface area contributed by atoms with Gasteiger partial charge >= 0.3 is 7.69 Å². The highest BCUT2D eigenvalue weighted by Gasteiger charge is 2.06. The number of hydrogen-bond acceptors (Lipinski definition) is 4. The molecule has 4 rings (SSSR count). The van der Waals surface area contributed by atoms with E-state index in [0.717, 1.165) is 50.5 Å². The van der Waals surface area contributed by atoms with Gasteiger partial charge in [-0.1, -0.05) is 84.9 Å². The fraction of sp³-hybridized carbons (Fsp3) is 0.250. The molecule has 0 aliphatic heterocycles. The summed E-state index contributed by atoms with van der Waals surface area (Å²) in [5.41, 5.74) is 5.25. The lowest BCUT2D eigenvalue weighted by Crippen LogP contribution is -2.20. The summed E-state index contributed by atoms with van der Waals surface area (Å²) >= 11 is 0. The van der Waals surface area contributed by atoms with Gasteiger partial charge in [0.15, 0.2) is 0 Å². The molecule has 4 aromatic rings. The highest BCUT2D eigenvalue weighted by molar-refractivity contribution is 6.20. The van der Waals surface area contributed by atoms with E-state index < -0.39 is 0 Å². The van der Waals surface area contributed by atoms with Crippen molar-refractivity contribution in [3.05, 3.63) is 131 Å².